The van der Waals surface area contributed by atoms with E-state index in [1.165, 1.54) is 6.07 Å². The van der Waals surface area contributed by atoms with Crippen LogP contribution in [0.25, 0.3) is 0 Å². The number of carbonyl (C=O) groups is 1. The van der Waals surface area contributed by atoms with Crippen molar-refractivity contribution in [3.63, 3.8) is 0 Å². The van der Waals surface area contributed by atoms with Crippen molar-refractivity contribution in [2.75, 3.05) is 0 Å². The van der Waals surface area contributed by atoms with Gasteiger partial charge in [0.2, 0.25) is 5.78 Å². The molecule has 2 aromatic heterocycles. The van der Waals surface area contributed by atoms with Gasteiger partial charge in [0.05, 0.1) is 11.4 Å². The minimum Gasteiger partial charge on any atom is -0.344 e. The van der Waals surface area contributed by atoms with Gasteiger partial charge in [-0.15, -0.1) is 0 Å². The van der Waals surface area contributed by atoms with E-state index < -0.39 is 0 Å². The second kappa shape index (κ2) is 6.69. The summed E-state index contributed by atoms with van der Waals surface area (Å²) in [5.74, 6) is -0.114. The summed E-state index contributed by atoms with van der Waals surface area (Å²) in [5.41, 5.74) is 3.58. The van der Waals surface area contributed by atoms with Crippen LogP contribution < -0.4 is 5.56 Å². The minimum atomic E-state index is -0.238. The molecule has 0 aliphatic heterocycles. The molecule has 25 heavy (non-hydrogen) atoms. The fourth-order valence-electron chi connectivity index (χ4n) is 3.01. The van der Waals surface area contributed by atoms with Crippen LogP contribution in [0.5, 0.6) is 0 Å². The maximum atomic E-state index is 12.9. The normalized spacial score (nSPS) is 12.2. The highest BCUT2D eigenvalue weighted by atomic mass is 35.5. The van der Waals surface area contributed by atoms with E-state index in [1.807, 2.05) is 31.5 Å². The average Bonchev–Trinajstić information content (AvgIpc) is 2.89. The summed E-state index contributed by atoms with van der Waals surface area (Å²) in [4.78, 5) is 24.1. The van der Waals surface area contributed by atoms with Gasteiger partial charge in [0.1, 0.15) is 0 Å². The lowest BCUT2D eigenvalue weighted by molar-refractivity contribution is 0.103. The van der Waals surface area contributed by atoms with Crippen LogP contribution in [-0.2, 0) is 7.05 Å². The van der Waals surface area contributed by atoms with Crippen LogP contribution in [0.3, 0.4) is 0 Å². The van der Waals surface area contributed by atoms with Crippen molar-refractivity contribution in [3.05, 3.63) is 86.0 Å². The van der Waals surface area contributed by atoms with Crippen molar-refractivity contribution >= 4 is 17.4 Å². The monoisotopic (exact) mass is 355 g/mol. The molecule has 3 rings (SSSR count). The van der Waals surface area contributed by atoms with Gasteiger partial charge in [0.25, 0.3) is 5.56 Å². The average molecular weight is 356 g/mol. The number of rotatable bonds is 4. The standard InChI is InChI=1S/C19H18ClN3O2/c1-11-10-16(12(2)15-8-9-17(24)22-21-15)23(3)18(11)19(25)13-4-6-14(20)7-5-13/h4-10,12H,1-3H3,(H,22,24). The summed E-state index contributed by atoms with van der Waals surface area (Å²) in [7, 11) is 1.87. The number of benzene rings is 1. The molecule has 0 bridgehead atoms. The molecule has 0 radical (unpaired) electrons. The number of aromatic amines is 1. The molecule has 0 fully saturated rings. The number of aryl methyl sites for hydroxylation is 1. The van der Waals surface area contributed by atoms with Gasteiger partial charge < -0.3 is 4.57 Å². The highest BCUT2D eigenvalue weighted by Crippen LogP contribution is 2.27. The second-order valence-electron chi connectivity index (χ2n) is 6.06. The molecule has 1 atom stereocenters. The summed E-state index contributed by atoms with van der Waals surface area (Å²) in [6, 6.07) is 12.0. The first-order valence-corrected chi connectivity index (χ1v) is 8.28. The number of ketones is 1. The number of nitrogens with zero attached hydrogens (tertiary/aromatic N) is 2. The summed E-state index contributed by atoms with van der Waals surface area (Å²) < 4.78 is 1.89. The Morgan fingerprint density at radius 1 is 1.20 bits per heavy atom. The van der Waals surface area contributed by atoms with E-state index in [0.29, 0.717) is 16.3 Å². The zero-order chi connectivity index (χ0) is 18.1. The molecule has 1 N–H and O–H groups in total. The number of nitrogens with one attached hydrogen (secondary N) is 1. The van der Waals surface area contributed by atoms with Crippen molar-refractivity contribution in [2.24, 2.45) is 7.05 Å². The van der Waals surface area contributed by atoms with E-state index in [9.17, 15) is 9.59 Å². The fraction of sp³-hybridized carbons (Fsp3) is 0.211. The summed E-state index contributed by atoms with van der Waals surface area (Å²) >= 11 is 5.90. The minimum absolute atomic E-state index is 0.0513. The lowest BCUT2D eigenvalue weighted by Crippen LogP contribution is -2.14. The predicted molar refractivity (Wildman–Crippen MR) is 97.4 cm³/mol. The van der Waals surface area contributed by atoms with Crippen molar-refractivity contribution in [3.8, 4) is 0 Å². The second-order valence-corrected chi connectivity index (χ2v) is 6.50. The molecule has 0 aliphatic rings. The lowest BCUT2D eigenvalue weighted by atomic mass is 10.0. The van der Waals surface area contributed by atoms with Gasteiger partial charge in [-0.25, -0.2) is 5.10 Å². The van der Waals surface area contributed by atoms with E-state index in [0.717, 1.165) is 17.0 Å². The number of halogens is 1. The highest BCUT2D eigenvalue weighted by Gasteiger charge is 2.22. The third kappa shape index (κ3) is 3.28. The Morgan fingerprint density at radius 2 is 1.88 bits per heavy atom. The SMILES string of the molecule is Cc1cc(C(C)c2ccc(=O)[nH]n2)n(C)c1C(=O)c1ccc(Cl)cc1. The Morgan fingerprint density at radius 3 is 2.48 bits per heavy atom. The molecule has 0 spiro atoms. The zero-order valence-electron chi connectivity index (χ0n) is 14.2. The molecule has 128 valence electrons. The third-order valence-corrected chi connectivity index (χ3v) is 4.62. The Balaban J connectivity index is 2.00. The van der Waals surface area contributed by atoms with Crippen LogP contribution in [0.15, 0.2) is 47.3 Å². The molecule has 3 aromatic rings. The molecule has 5 nitrogen and oxygen atoms in total. The molecule has 2 heterocycles. The first-order chi connectivity index (χ1) is 11.9. The number of hydrogen-bond donors (Lipinski definition) is 1. The van der Waals surface area contributed by atoms with E-state index >= 15 is 0 Å². The van der Waals surface area contributed by atoms with Crippen molar-refractivity contribution < 1.29 is 4.79 Å². The Labute approximate surface area is 150 Å². The maximum absolute atomic E-state index is 12.9. The van der Waals surface area contributed by atoms with Gasteiger partial charge in [0.15, 0.2) is 0 Å². The Bertz CT molecular complexity index is 966. The van der Waals surface area contributed by atoms with E-state index in [4.69, 9.17) is 11.6 Å². The number of H-pyrrole nitrogens is 1. The molecule has 1 unspecified atom stereocenters. The predicted octanol–water partition coefficient (Wildman–Crippen LogP) is 3.45. The Kier molecular flexibility index (Phi) is 4.59. The zero-order valence-corrected chi connectivity index (χ0v) is 15.0. The van der Waals surface area contributed by atoms with Crippen LogP contribution in [0.1, 0.15) is 45.8 Å². The first-order valence-electron chi connectivity index (χ1n) is 7.90. The third-order valence-electron chi connectivity index (χ3n) is 4.37. The van der Waals surface area contributed by atoms with E-state index in [-0.39, 0.29) is 17.3 Å². The molecule has 0 amide bonds. The quantitative estimate of drug-likeness (QED) is 0.729. The lowest BCUT2D eigenvalue weighted by Gasteiger charge is -2.13. The molecular formula is C19H18ClN3O2. The summed E-state index contributed by atoms with van der Waals surface area (Å²) in [5, 5.41) is 7.14. The first kappa shape index (κ1) is 17.2. The van der Waals surface area contributed by atoms with Gasteiger partial charge in [-0.3, -0.25) is 9.59 Å². The number of hydrogen-bond acceptors (Lipinski definition) is 3. The van der Waals surface area contributed by atoms with Gasteiger partial charge >= 0.3 is 0 Å². The molecule has 0 saturated carbocycles. The highest BCUT2D eigenvalue weighted by molar-refractivity contribution is 6.30. The summed E-state index contributed by atoms with van der Waals surface area (Å²) in [6.45, 7) is 3.91. The van der Waals surface area contributed by atoms with Crippen LogP contribution in [-0.4, -0.2) is 20.5 Å². The van der Waals surface area contributed by atoms with Crippen LogP contribution >= 0.6 is 11.6 Å². The Hall–Kier alpha value is -2.66. The van der Waals surface area contributed by atoms with Gasteiger partial charge in [-0.05, 0) is 48.9 Å². The van der Waals surface area contributed by atoms with Crippen LogP contribution in [0.2, 0.25) is 5.02 Å². The molecular weight excluding hydrogens is 338 g/mol. The fourth-order valence-corrected chi connectivity index (χ4v) is 3.14. The van der Waals surface area contributed by atoms with Crippen molar-refractivity contribution in [1.82, 2.24) is 14.8 Å². The van der Waals surface area contributed by atoms with Crippen LogP contribution in [0, 0.1) is 6.92 Å². The number of carbonyl (C=O) groups excluding carboxylic acids is 1. The molecule has 1 aromatic carbocycles. The van der Waals surface area contributed by atoms with Crippen molar-refractivity contribution in [2.45, 2.75) is 19.8 Å². The van der Waals surface area contributed by atoms with E-state index in [2.05, 4.69) is 10.2 Å². The largest absolute Gasteiger partial charge is 0.344 e. The summed E-state index contributed by atoms with van der Waals surface area (Å²) in [6.07, 6.45) is 0. The van der Waals surface area contributed by atoms with Gasteiger partial charge in [-0.2, -0.15) is 5.10 Å². The molecule has 0 aliphatic carbocycles. The topological polar surface area (TPSA) is 67.8 Å². The van der Waals surface area contributed by atoms with Gasteiger partial charge in [-0.1, -0.05) is 18.5 Å². The molecule has 0 saturated heterocycles. The maximum Gasteiger partial charge on any atom is 0.264 e. The smallest absolute Gasteiger partial charge is 0.264 e. The molecule has 6 heteroatoms. The van der Waals surface area contributed by atoms with E-state index in [1.54, 1.807) is 30.3 Å². The van der Waals surface area contributed by atoms with Crippen LogP contribution in [0.4, 0.5) is 0 Å². The number of aromatic nitrogens is 3. The van der Waals surface area contributed by atoms with Crippen molar-refractivity contribution in [1.29, 1.82) is 0 Å². The van der Waals surface area contributed by atoms with Gasteiger partial charge in [0, 0.05) is 35.3 Å².